The highest BCUT2D eigenvalue weighted by Crippen LogP contribution is 2.40. The van der Waals surface area contributed by atoms with Crippen LogP contribution in [0.2, 0.25) is 5.15 Å². The predicted octanol–water partition coefficient (Wildman–Crippen LogP) is 3.45. The van der Waals surface area contributed by atoms with Gasteiger partial charge < -0.3 is 10.2 Å². The Labute approximate surface area is 187 Å². The molecule has 2 N–H and O–H groups in total. The van der Waals surface area contributed by atoms with E-state index in [9.17, 15) is 13.2 Å². The molecule has 31 heavy (non-hydrogen) atoms. The third-order valence-electron chi connectivity index (χ3n) is 5.93. The number of rotatable bonds is 0. The molecule has 0 saturated carbocycles. The third-order valence-corrected chi connectivity index (χ3v) is 7.37. The van der Waals surface area contributed by atoms with E-state index in [0.717, 1.165) is 19.3 Å². The number of halogens is 1. The SMILES string of the molecule is CC1CCC2CN(c3nc(Cl)ccc3C(=O)NS(=O)(=O)c3cccc(n3)N1)C(C)(C)C2. The second-order valence-electron chi connectivity index (χ2n) is 8.92. The number of anilines is 2. The highest BCUT2D eigenvalue weighted by Gasteiger charge is 2.41. The minimum atomic E-state index is -4.17. The van der Waals surface area contributed by atoms with E-state index in [-0.39, 0.29) is 27.3 Å². The number of fused-ring (bicyclic) bond motifs is 6. The van der Waals surface area contributed by atoms with Gasteiger partial charge in [-0.15, -0.1) is 0 Å². The van der Waals surface area contributed by atoms with Crippen LogP contribution >= 0.6 is 11.6 Å². The Morgan fingerprint density at radius 2 is 1.94 bits per heavy atom. The van der Waals surface area contributed by atoms with Crippen molar-refractivity contribution in [3.8, 4) is 0 Å². The van der Waals surface area contributed by atoms with Gasteiger partial charge in [0.15, 0.2) is 5.03 Å². The summed E-state index contributed by atoms with van der Waals surface area (Å²) in [7, 11) is -4.17. The second-order valence-corrected chi connectivity index (χ2v) is 10.9. The van der Waals surface area contributed by atoms with Crippen LogP contribution in [0.15, 0.2) is 35.4 Å². The Hall–Kier alpha value is -2.39. The molecule has 0 radical (unpaired) electrons. The van der Waals surface area contributed by atoms with E-state index in [4.69, 9.17) is 11.6 Å². The summed E-state index contributed by atoms with van der Waals surface area (Å²) in [6.07, 6.45) is 2.81. The summed E-state index contributed by atoms with van der Waals surface area (Å²) in [5.74, 6) is 0.501. The fourth-order valence-corrected chi connectivity index (χ4v) is 5.52. The zero-order chi connectivity index (χ0) is 22.4. The van der Waals surface area contributed by atoms with Crippen molar-refractivity contribution in [3.63, 3.8) is 0 Å². The van der Waals surface area contributed by atoms with E-state index in [1.54, 1.807) is 12.1 Å². The molecule has 1 fully saturated rings. The van der Waals surface area contributed by atoms with E-state index < -0.39 is 15.9 Å². The van der Waals surface area contributed by atoms with E-state index in [0.29, 0.717) is 24.1 Å². The largest absolute Gasteiger partial charge is 0.368 e. The van der Waals surface area contributed by atoms with Crippen LogP contribution in [-0.2, 0) is 10.0 Å². The maximum absolute atomic E-state index is 13.1. The number of carbonyl (C=O) groups is 1. The Morgan fingerprint density at radius 1 is 1.16 bits per heavy atom. The summed E-state index contributed by atoms with van der Waals surface area (Å²) in [6, 6.07) is 7.80. The molecule has 1 amide bonds. The molecule has 2 aliphatic heterocycles. The summed E-state index contributed by atoms with van der Waals surface area (Å²) < 4.78 is 27.9. The van der Waals surface area contributed by atoms with Crippen molar-refractivity contribution in [3.05, 3.63) is 41.0 Å². The summed E-state index contributed by atoms with van der Waals surface area (Å²) in [5, 5.41) is 3.30. The third kappa shape index (κ3) is 4.48. The van der Waals surface area contributed by atoms with E-state index in [1.165, 1.54) is 18.2 Å². The van der Waals surface area contributed by atoms with Crippen LogP contribution < -0.4 is 14.9 Å². The summed E-state index contributed by atoms with van der Waals surface area (Å²) in [6.45, 7) is 6.98. The van der Waals surface area contributed by atoms with Gasteiger partial charge in [0.05, 0.1) is 5.56 Å². The highest BCUT2D eigenvalue weighted by atomic mass is 35.5. The van der Waals surface area contributed by atoms with Gasteiger partial charge in [-0.1, -0.05) is 17.7 Å². The number of carbonyl (C=O) groups excluding carboxylic acids is 1. The molecular weight excluding hydrogens is 438 g/mol. The molecule has 166 valence electrons. The van der Waals surface area contributed by atoms with Crippen molar-refractivity contribution >= 4 is 39.2 Å². The lowest BCUT2D eigenvalue weighted by atomic mass is 9.92. The van der Waals surface area contributed by atoms with E-state index in [1.807, 2.05) is 0 Å². The monoisotopic (exact) mass is 463 g/mol. The normalized spacial score (nSPS) is 24.9. The van der Waals surface area contributed by atoms with Gasteiger partial charge in [-0.25, -0.2) is 14.7 Å². The first-order valence-electron chi connectivity index (χ1n) is 10.3. The highest BCUT2D eigenvalue weighted by molar-refractivity contribution is 7.90. The fraction of sp³-hybridized carbons (Fsp3) is 0.476. The topological polar surface area (TPSA) is 104 Å². The van der Waals surface area contributed by atoms with Gasteiger partial charge in [0, 0.05) is 18.1 Å². The minimum absolute atomic E-state index is 0.113. The molecule has 4 rings (SSSR count). The molecule has 2 aromatic rings. The van der Waals surface area contributed by atoms with Gasteiger partial charge in [0.25, 0.3) is 15.9 Å². The quantitative estimate of drug-likeness (QED) is 0.576. The van der Waals surface area contributed by atoms with Crippen LogP contribution in [-0.4, -0.2) is 42.4 Å². The van der Waals surface area contributed by atoms with Gasteiger partial charge in [-0.05, 0) is 70.2 Å². The Bertz CT molecular complexity index is 1120. The smallest absolute Gasteiger partial charge is 0.281 e. The molecule has 0 spiro atoms. The number of amides is 1. The molecule has 10 heteroatoms. The molecule has 2 atom stereocenters. The molecule has 0 aromatic carbocycles. The van der Waals surface area contributed by atoms with Gasteiger partial charge in [-0.3, -0.25) is 4.79 Å². The fourth-order valence-electron chi connectivity index (χ4n) is 4.45. The van der Waals surface area contributed by atoms with Crippen LogP contribution in [0.25, 0.3) is 0 Å². The number of nitrogens with zero attached hydrogens (tertiary/aromatic N) is 3. The standard InChI is InChI=1S/C21H26ClN5O3S/c1-13-7-8-14-11-21(2,3)27(12-14)19-15(9-10-16(22)24-19)20(28)26-31(29,30)18-6-4-5-17(23-13)25-18/h4-6,9-10,13-14H,7-8,11-12H2,1-3H3,(H,23,25)(H,26,28). The average molecular weight is 464 g/mol. The van der Waals surface area contributed by atoms with E-state index >= 15 is 0 Å². The summed E-state index contributed by atoms with van der Waals surface area (Å²) >= 11 is 6.16. The number of pyridine rings is 2. The predicted molar refractivity (Wildman–Crippen MR) is 120 cm³/mol. The lowest BCUT2D eigenvalue weighted by Crippen LogP contribution is -2.41. The summed E-state index contributed by atoms with van der Waals surface area (Å²) in [4.78, 5) is 23.8. The average Bonchev–Trinajstić information content (AvgIpc) is 2.99. The van der Waals surface area contributed by atoms with Crippen molar-refractivity contribution in [2.24, 2.45) is 5.92 Å². The minimum Gasteiger partial charge on any atom is -0.368 e. The van der Waals surface area contributed by atoms with Crippen molar-refractivity contribution in [1.29, 1.82) is 0 Å². The zero-order valence-corrected chi connectivity index (χ0v) is 19.3. The van der Waals surface area contributed by atoms with Crippen molar-refractivity contribution < 1.29 is 13.2 Å². The van der Waals surface area contributed by atoms with E-state index in [2.05, 4.69) is 45.7 Å². The Morgan fingerprint density at radius 3 is 2.71 bits per heavy atom. The van der Waals surface area contributed by atoms with Gasteiger partial charge in [0.1, 0.15) is 16.8 Å². The van der Waals surface area contributed by atoms with Crippen LogP contribution in [0.1, 0.15) is 50.4 Å². The zero-order valence-electron chi connectivity index (χ0n) is 17.7. The van der Waals surface area contributed by atoms with Crippen LogP contribution in [0, 0.1) is 5.92 Å². The molecule has 4 heterocycles. The van der Waals surface area contributed by atoms with Crippen molar-refractivity contribution in [1.82, 2.24) is 14.7 Å². The first-order valence-corrected chi connectivity index (χ1v) is 12.2. The van der Waals surface area contributed by atoms with Gasteiger partial charge in [-0.2, -0.15) is 8.42 Å². The molecule has 2 unspecified atom stereocenters. The lowest BCUT2D eigenvalue weighted by Gasteiger charge is -2.33. The maximum Gasteiger partial charge on any atom is 0.281 e. The molecule has 2 aliphatic rings. The number of aromatic nitrogens is 2. The number of hydrogen-bond acceptors (Lipinski definition) is 7. The first-order chi connectivity index (χ1) is 14.5. The molecule has 4 bridgehead atoms. The molecular formula is C21H26ClN5O3S. The maximum atomic E-state index is 13.1. The molecule has 8 nitrogen and oxygen atoms in total. The van der Waals surface area contributed by atoms with Gasteiger partial charge in [0.2, 0.25) is 0 Å². The first kappa shape index (κ1) is 21.8. The lowest BCUT2D eigenvalue weighted by molar-refractivity contribution is 0.0981. The Balaban J connectivity index is 1.82. The summed E-state index contributed by atoms with van der Waals surface area (Å²) in [5.41, 5.74) is -0.0882. The Kier molecular flexibility index (Phi) is 5.59. The second kappa shape index (κ2) is 7.94. The van der Waals surface area contributed by atoms with Crippen LogP contribution in [0.3, 0.4) is 0 Å². The molecule has 1 saturated heterocycles. The van der Waals surface area contributed by atoms with Crippen molar-refractivity contribution in [2.75, 3.05) is 16.8 Å². The number of hydrogen-bond donors (Lipinski definition) is 2. The molecule has 2 aromatic heterocycles. The van der Waals surface area contributed by atoms with Crippen molar-refractivity contribution in [2.45, 2.75) is 56.6 Å². The number of nitrogens with one attached hydrogen (secondary N) is 2. The van der Waals surface area contributed by atoms with Crippen LogP contribution in [0.4, 0.5) is 11.6 Å². The van der Waals surface area contributed by atoms with Crippen LogP contribution in [0.5, 0.6) is 0 Å². The molecule has 0 aliphatic carbocycles. The van der Waals surface area contributed by atoms with Gasteiger partial charge >= 0.3 is 0 Å². The number of sulfonamides is 1.